The summed E-state index contributed by atoms with van der Waals surface area (Å²) in [6.07, 6.45) is 4.99. The molecule has 1 aliphatic rings. The fourth-order valence-corrected chi connectivity index (χ4v) is 2.82. The lowest BCUT2D eigenvalue weighted by atomic mass is 10.1. The summed E-state index contributed by atoms with van der Waals surface area (Å²) >= 11 is 0. The molecule has 4 nitrogen and oxygen atoms in total. The molecule has 1 aliphatic carbocycles. The highest BCUT2D eigenvalue weighted by atomic mass is 19.1. The second-order valence-electron chi connectivity index (χ2n) is 5.81. The molecule has 0 aliphatic heterocycles. The molecule has 1 N–H and O–H groups in total. The van der Waals surface area contributed by atoms with Crippen molar-refractivity contribution in [3.05, 3.63) is 29.6 Å². The van der Waals surface area contributed by atoms with E-state index in [1.807, 2.05) is 0 Å². The summed E-state index contributed by atoms with van der Waals surface area (Å²) in [6, 6.07) is 4.13. The van der Waals surface area contributed by atoms with Gasteiger partial charge >= 0.3 is 0 Å². The van der Waals surface area contributed by atoms with Gasteiger partial charge in [-0.2, -0.15) is 0 Å². The molecular weight excluding hydrogens is 271 g/mol. The molecule has 0 atom stereocenters. The predicted molar refractivity (Wildman–Crippen MR) is 79.9 cm³/mol. The molecule has 1 amide bonds. The van der Waals surface area contributed by atoms with Gasteiger partial charge in [0.2, 0.25) is 0 Å². The van der Waals surface area contributed by atoms with Gasteiger partial charge in [-0.05, 0) is 38.1 Å². The molecule has 1 aromatic carbocycles. The van der Waals surface area contributed by atoms with Crippen LogP contribution in [0.2, 0.25) is 0 Å². The van der Waals surface area contributed by atoms with Crippen molar-refractivity contribution in [1.82, 2.24) is 9.80 Å². The number of nitrogens with zero attached hydrogens (tertiary/aromatic N) is 2. The van der Waals surface area contributed by atoms with Crippen molar-refractivity contribution in [2.75, 3.05) is 27.2 Å². The van der Waals surface area contributed by atoms with Gasteiger partial charge < -0.3 is 14.9 Å². The summed E-state index contributed by atoms with van der Waals surface area (Å²) in [7, 11) is 3.73. The quantitative estimate of drug-likeness (QED) is 0.907. The normalized spacial score (nSPS) is 15.6. The number of aromatic hydroxyl groups is 1. The average molecular weight is 294 g/mol. The van der Waals surface area contributed by atoms with Gasteiger partial charge in [0.05, 0.1) is 5.56 Å². The first-order valence-corrected chi connectivity index (χ1v) is 7.43. The number of hydrogen-bond acceptors (Lipinski definition) is 3. The molecule has 2 rings (SSSR count). The lowest BCUT2D eigenvalue weighted by Gasteiger charge is -2.27. The molecule has 0 spiro atoms. The third kappa shape index (κ3) is 3.94. The Balaban J connectivity index is 1.91. The minimum atomic E-state index is -0.603. The van der Waals surface area contributed by atoms with Gasteiger partial charge in [0.25, 0.3) is 5.91 Å². The Labute approximate surface area is 125 Å². The van der Waals surface area contributed by atoms with Gasteiger partial charge in [0.15, 0.2) is 0 Å². The van der Waals surface area contributed by atoms with Crippen LogP contribution in [0, 0.1) is 5.82 Å². The number of benzene rings is 1. The van der Waals surface area contributed by atoms with E-state index < -0.39 is 11.7 Å². The molecule has 0 unspecified atom stereocenters. The van der Waals surface area contributed by atoms with Crippen LogP contribution in [0.25, 0.3) is 0 Å². The zero-order valence-electron chi connectivity index (χ0n) is 12.7. The van der Waals surface area contributed by atoms with Gasteiger partial charge in [0.1, 0.15) is 11.6 Å². The van der Waals surface area contributed by atoms with Crippen molar-refractivity contribution in [2.24, 2.45) is 0 Å². The van der Waals surface area contributed by atoms with E-state index in [-0.39, 0.29) is 11.3 Å². The molecule has 1 aromatic rings. The van der Waals surface area contributed by atoms with Gasteiger partial charge in [-0.15, -0.1) is 0 Å². The number of likely N-dealkylation sites (N-methyl/N-ethyl adjacent to an activating group) is 2. The van der Waals surface area contributed by atoms with Crippen molar-refractivity contribution in [3.63, 3.8) is 0 Å². The molecule has 1 fully saturated rings. The van der Waals surface area contributed by atoms with Crippen molar-refractivity contribution >= 4 is 5.91 Å². The Morgan fingerprint density at radius 3 is 2.62 bits per heavy atom. The highest BCUT2D eigenvalue weighted by Gasteiger charge is 2.21. The van der Waals surface area contributed by atoms with Gasteiger partial charge in [-0.1, -0.05) is 12.8 Å². The summed E-state index contributed by atoms with van der Waals surface area (Å²) in [5.74, 6) is -1.10. The number of carbonyl (C=O) groups excluding carboxylic acids is 1. The first kappa shape index (κ1) is 15.8. The second kappa shape index (κ2) is 6.89. The Morgan fingerprint density at radius 2 is 1.95 bits per heavy atom. The van der Waals surface area contributed by atoms with Crippen LogP contribution < -0.4 is 0 Å². The summed E-state index contributed by atoms with van der Waals surface area (Å²) < 4.78 is 13.7. The minimum absolute atomic E-state index is 0.0824. The van der Waals surface area contributed by atoms with E-state index in [1.54, 1.807) is 7.05 Å². The average Bonchev–Trinajstić information content (AvgIpc) is 3.00. The van der Waals surface area contributed by atoms with E-state index in [1.165, 1.54) is 42.7 Å². The molecular formula is C16H23FN2O2. The van der Waals surface area contributed by atoms with E-state index in [9.17, 15) is 14.3 Å². The standard InChI is InChI=1S/C16H23FN2O2/c1-18(12-5-3-4-6-12)9-10-19(2)16(21)14-11-13(20)7-8-15(14)17/h7-8,11-12,20H,3-6,9-10H2,1-2H3. The van der Waals surface area contributed by atoms with Gasteiger partial charge in [-0.25, -0.2) is 4.39 Å². The molecule has 5 heteroatoms. The molecule has 0 saturated heterocycles. The maximum atomic E-state index is 13.7. The topological polar surface area (TPSA) is 43.8 Å². The van der Waals surface area contributed by atoms with Crippen molar-refractivity contribution in [3.8, 4) is 5.75 Å². The van der Waals surface area contributed by atoms with Gasteiger partial charge in [0, 0.05) is 26.2 Å². The van der Waals surface area contributed by atoms with Crippen LogP contribution in [0.5, 0.6) is 5.75 Å². The highest BCUT2D eigenvalue weighted by Crippen LogP contribution is 2.22. The van der Waals surface area contributed by atoms with Crippen LogP contribution >= 0.6 is 0 Å². The molecule has 0 aromatic heterocycles. The van der Waals surface area contributed by atoms with E-state index in [0.29, 0.717) is 12.6 Å². The number of phenolic OH excluding ortho intramolecular Hbond substituents is 1. The van der Waals surface area contributed by atoms with Crippen LogP contribution in [-0.4, -0.2) is 54.0 Å². The van der Waals surface area contributed by atoms with Crippen LogP contribution in [0.15, 0.2) is 18.2 Å². The van der Waals surface area contributed by atoms with Gasteiger partial charge in [-0.3, -0.25) is 4.79 Å². The summed E-state index contributed by atoms with van der Waals surface area (Å²) in [5.41, 5.74) is -0.0824. The Hall–Kier alpha value is -1.62. The van der Waals surface area contributed by atoms with Crippen LogP contribution in [0.4, 0.5) is 4.39 Å². The lowest BCUT2D eigenvalue weighted by Crippen LogP contribution is -2.38. The summed E-state index contributed by atoms with van der Waals surface area (Å²) in [4.78, 5) is 16.0. The van der Waals surface area contributed by atoms with E-state index in [0.717, 1.165) is 12.6 Å². The zero-order chi connectivity index (χ0) is 15.4. The number of hydrogen-bond donors (Lipinski definition) is 1. The second-order valence-corrected chi connectivity index (χ2v) is 5.81. The minimum Gasteiger partial charge on any atom is -0.508 e. The number of amides is 1. The Bertz CT molecular complexity index is 501. The number of carbonyl (C=O) groups is 1. The lowest BCUT2D eigenvalue weighted by molar-refractivity contribution is 0.0769. The number of rotatable bonds is 5. The first-order valence-electron chi connectivity index (χ1n) is 7.43. The summed E-state index contributed by atoms with van der Waals surface area (Å²) in [6.45, 7) is 1.31. The van der Waals surface area contributed by atoms with Crippen LogP contribution in [-0.2, 0) is 0 Å². The SMILES string of the molecule is CN(CCN(C)C1CCCC1)C(=O)c1cc(O)ccc1F. The van der Waals surface area contributed by atoms with E-state index in [2.05, 4.69) is 11.9 Å². The predicted octanol–water partition coefficient (Wildman–Crippen LogP) is 2.48. The van der Waals surface area contributed by atoms with Crippen molar-refractivity contribution in [1.29, 1.82) is 0 Å². The maximum Gasteiger partial charge on any atom is 0.256 e. The maximum absolute atomic E-state index is 13.7. The highest BCUT2D eigenvalue weighted by molar-refractivity contribution is 5.94. The monoisotopic (exact) mass is 294 g/mol. The molecule has 116 valence electrons. The molecule has 0 radical (unpaired) electrons. The zero-order valence-corrected chi connectivity index (χ0v) is 12.7. The van der Waals surface area contributed by atoms with E-state index >= 15 is 0 Å². The number of phenols is 1. The van der Waals surface area contributed by atoms with Crippen LogP contribution in [0.3, 0.4) is 0 Å². The summed E-state index contributed by atoms with van der Waals surface area (Å²) in [5, 5.41) is 9.38. The third-order valence-electron chi connectivity index (χ3n) is 4.26. The third-order valence-corrected chi connectivity index (χ3v) is 4.26. The van der Waals surface area contributed by atoms with E-state index in [4.69, 9.17) is 0 Å². The molecule has 21 heavy (non-hydrogen) atoms. The smallest absolute Gasteiger partial charge is 0.256 e. The number of halogens is 1. The van der Waals surface area contributed by atoms with Crippen LogP contribution in [0.1, 0.15) is 36.0 Å². The Morgan fingerprint density at radius 1 is 1.29 bits per heavy atom. The van der Waals surface area contributed by atoms with Crippen molar-refractivity contribution in [2.45, 2.75) is 31.7 Å². The fourth-order valence-electron chi connectivity index (χ4n) is 2.82. The van der Waals surface area contributed by atoms with Crippen molar-refractivity contribution < 1.29 is 14.3 Å². The largest absolute Gasteiger partial charge is 0.508 e. The molecule has 0 heterocycles. The Kier molecular flexibility index (Phi) is 5.17. The fraction of sp³-hybridized carbons (Fsp3) is 0.562. The first-order chi connectivity index (χ1) is 9.99. The molecule has 0 bridgehead atoms. The molecule has 1 saturated carbocycles.